The Morgan fingerprint density at radius 1 is 1.00 bits per heavy atom. The molecule has 0 radical (unpaired) electrons. The molecule has 2 aliphatic rings. The summed E-state index contributed by atoms with van der Waals surface area (Å²) in [5, 5.41) is 0. The third kappa shape index (κ3) is 11.8. The fourth-order valence-corrected chi connectivity index (χ4v) is 1.37. The molecular formula is C14H21Os+. The number of rotatable bonds is 0. The first kappa shape index (κ1) is 17.3. The second-order valence-electron chi connectivity index (χ2n) is 3.32. The molecule has 0 nitrogen and oxygen atoms in total. The zero-order chi connectivity index (χ0) is 9.19. The van der Waals surface area contributed by atoms with Gasteiger partial charge in [-0.15, -0.1) is 12.2 Å². The summed E-state index contributed by atoms with van der Waals surface area (Å²) in [6, 6.07) is 0. The predicted octanol–water partition coefficient (Wildman–Crippen LogP) is 4.46. The summed E-state index contributed by atoms with van der Waals surface area (Å²) in [4.78, 5) is 0. The van der Waals surface area contributed by atoms with Crippen molar-refractivity contribution in [3.63, 3.8) is 0 Å². The van der Waals surface area contributed by atoms with E-state index in [1.54, 1.807) is 0 Å². The fourth-order valence-electron chi connectivity index (χ4n) is 1.37. The van der Waals surface area contributed by atoms with Gasteiger partial charge in [-0.2, -0.15) is 18.9 Å². The van der Waals surface area contributed by atoms with Crippen molar-refractivity contribution >= 4 is 0 Å². The molecule has 0 atom stereocenters. The molecule has 0 amide bonds. The van der Waals surface area contributed by atoms with Crippen LogP contribution in [-0.2, 0) is 19.8 Å². The smallest absolute Gasteiger partial charge is 0.358 e. The normalized spacial score (nSPS) is 17.6. The quantitative estimate of drug-likeness (QED) is 0.545. The van der Waals surface area contributed by atoms with Crippen LogP contribution in [-0.4, -0.2) is 0 Å². The molecule has 0 N–H and O–H groups in total. The summed E-state index contributed by atoms with van der Waals surface area (Å²) in [6.07, 6.45) is 23.5. The van der Waals surface area contributed by atoms with Crippen molar-refractivity contribution in [1.29, 1.82) is 0 Å². The summed E-state index contributed by atoms with van der Waals surface area (Å²) in [5.74, 6) is 0. The van der Waals surface area contributed by atoms with Crippen LogP contribution in [0, 0.1) is 19.9 Å². The molecule has 0 saturated heterocycles. The molecule has 0 aromatic heterocycles. The first-order valence-electron chi connectivity index (χ1n) is 5.21. The van der Waals surface area contributed by atoms with E-state index in [0.29, 0.717) is 0 Å². The zero-order valence-corrected chi connectivity index (χ0v) is 12.1. The van der Waals surface area contributed by atoms with E-state index in [2.05, 4.69) is 18.6 Å². The van der Waals surface area contributed by atoms with E-state index in [9.17, 15) is 0 Å². The van der Waals surface area contributed by atoms with E-state index in [0.717, 1.165) is 6.42 Å². The Labute approximate surface area is 109 Å². The van der Waals surface area contributed by atoms with Crippen molar-refractivity contribution in [3.05, 3.63) is 50.3 Å². The SMILES string of the molecule is [C-]1=CCC=CC=C1.[CH-]1CCCCC1.[CH3-].[Os+4]. The summed E-state index contributed by atoms with van der Waals surface area (Å²) in [5.41, 5.74) is 0. The van der Waals surface area contributed by atoms with Gasteiger partial charge in [-0.3, -0.25) is 6.08 Å². The topological polar surface area (TPSA) is 0 Å². The molecule has 0 bridgehead atoms. The van der Waals surface area contributed by atoms with Gasteiger partial charge in [-0.1, -0.05) is 19.3 Å². The molecule has 0 aromatic rings. The summed E-state index contributed by atoms with van der Waals surface area (Å²) < 4.78 is 0. The summed E-state index contributed by atoms with van der Waals surface area (Å²) in [7, 11) is 0. The first-order valence-corrected chi connectivity index (χ1v) is 5.21. The Morgan fingerprint density at radius 2 is 1.73 bits per heavy atom. The van der Waals surface area contributed by atoms with Crippen LogP contribution in [0.1, 0.15) is 38.5 Å². The standard InChI is InChI=1S/C7H7.C6H11.CH3.Os/c1-2-4-6-7-5-3-1;1-2-4-6-5-3-1;;/h1-4,7H,5H2;1H,2-6H2;1H3;/q3*-1;+4. The van der Waals surface area contributed by atoms with Crippen LogP contribution in [0.3, 0.4) is 0 Å². The van der Waals surface area contributed by atoms with Crippen LogP contribution < -0.4 is 0 Å². The van der Waals surface area contributed by atoms with Crippen LogP contribution in [0.2, 0.25) is 0 Å². The number of allylic oxidation sites excluding steroid dienone is 6. The van der Waals surface area contributed by atoms with Crippen LogP contribution >= 0.6 is 0 Å². The minimum atomic E-state index is 0. The van der Waals surface area contributed by atoms with Crippen molar-refractivity contribution in [2.24, 2.45) is 0 Å². The van der Waals surface area contributed by atoms with Gasteiger partial charge in [0.2, 0.25) is 0 Å². The van der Waals surface area contributed by atoms with Crippen molar-refractivity contribution in [2.45, 2.75) is 38.5 Å². The summed E-state index contributed by atoms with van der Waals surface area (Å²) in [6.45, 7) is 0. The Kier molecular flexibility index (Phi) is 15.9. The number of hydrogen-bond donors (Lipinski definition) is 0. The van der Waals surface area contributed by atoms with Gasteiger partial charge < -0.3 is 13.8 Å². The molecule has 15 heavy (non-hydrogen) atoms. The van der Waals surface area contributed by atoms with Gasteiger partial charge in [-0.05, 0) is 6.42 Å². The monoisotopic (exact) mass is 381 g/mol. The predicted molar refractivity (Wildman–Crippen MR) is 64.5 cm³/mol. The fraction of sp³-hybridized carbons (Fsp3) is 0.429. The maximum atomic E-state index is 2.98. The van der Waals surface area contributed by atoms with Crippen LogP contribution in [0.25, 0.3) is 0 Å². The third-order valence-corrected chi connectivity index (χ3v) is 2.13. The molecule has 84 valence electrons. The molecule has 1 heteroatoms. The molecule has 0 aromatic carbocycles. The van der Waals surface area contributed by atoms with Crippen LogP contribution in [0.4, 0.5) is 0 Å². The maximum Gasteiger partial charge on any atom is 4.00 e. The zero-order valence-electron chi connectivity index (χ0n) is 9.56. The van der Waals surface area contributed by atoms with E-state index in [1.165, 1.54) is 32.1 Å². The van der Waals surface area contributed by atoms with Crippen molar-refractivity contribution in [2.75, 3.05) is 0 Å². The first-order chi connectivity index (χ1) is 6.50. The molecule has 1 saturated carbocycles. The largest absolute Gasteiger partial charge is 4.00 e. The van der Waals surface area contributed by atoms with Gasteiger partial charge in [0.25, 0.3) is 0 Å². The molecular weight excluding hydrogens is 358 g/mol. The van der Waals surface area contributed by atoms with E-state index < -0.39 is 0 Å². The Balaban J connectivity index is 0. The maximum absolute atomic E-state index is 2.98. The van der Waals surface area contributed by atoms with Gasteiger partial charge in [0.05, 0.1) is 0 Å². The van der Waals surface area contributed by atoms with Crippen molar-refractivity contribution < 1.29 is 19.8 Å². The average Bonchev–Trinajstić information content (AvgIpc) is 2.53. The average molecular weight is 380 g/mol. The van der Waals surface area contributed by atoms with E-state index in [1.807, 2.05) is 24.3 Å². The van der Waals surface area contributed by atoms with Crippen molar-refractivity contribution in [1.82, 2.24) is 0 Å². The van der Waals surface area contributed by atoms with Crippen LogP contribution in [0.5, 0.6) is 0 Å². The van der Waals surface area contributed by atoms with E-state index in [4.69, 9.17) is 0 Å². The Bertz CT molecular complexity index is 160. The second-order valence-corrected chi connectivity index (χ2v) is 3.32. The Morgan fingerprint density at radius 3 is 2.27 bits per heavy atom. The molecule has 2 rings (SSSR count). The van der Waals surface area contributed by atoms with E-state index in [-0.39, 0.29) is 27.2 Å². The van der Waals surface area contributed by atoms with Gasteiger partial charge in [0.15, 0.2) is 0 Å². The molecule has 0 heterocycles. The van der Waals surface area contributed by atoms with Gasteiger partial charge >= 0.3 is 19.8 Å². The number of hydrogen-bond acceptors (Lipinski definition) is 0. The van der Waals surface area contributed by atoms with E-state index >= 15 is 0 Å². The van der Waals surface area contributed by atoms with Gasteiger partial charge in [0.1, 0.15) is 0 Å². The third-order valence-electron chi connectivity index (χ3n) is 2.13. The molecule has 0 aliphatic heterocycles. The molecule has 0 unspecified atom stereocenters. The molecule has 2 aliphatic carbocycles. The second kappa shape index (κ2) is 13.9. The van der Waals surface area contributed by atoms with Crippen molar-refractivity contribution in [3.8, 4) is 0 Å². The summed E-state index contributed by atoms with van der Waals surface area (Å²) >= 11 is 0. The van der Waals surface area contributed by atoms with Crippen LogP contribution in [0.15, 0.2) is 30.4 Å². The van der Waals surface area contributed by atoms with Gasteiger partial charge in [-0.25, -0.2) is 12.2 Å². The minimum absolute atomic E-state index is 0. The Hall–Kier alpha value is -0.144. The molecule has 0 spiro atoms. The van der Waals surface area contributed by atoms with Gasteiger partial charge in [0, 0.05) is 0 Å². The molecule has 1 fully saturated rings. The minimum Gasteiger partial charge on any atom is -0.358 e.